The van der Waals surface area contributed by atoms with Crippen molar-refractivity contribution >= 4 is 12.2 Å². The number of H-pyrrole nitrogens is 1. The zero-order valence-corrected chi connectivity index (χ0v) is 11.9. The van der Waals surface area contributed by atoms with Gasteiger partial charge >= 0.3 is 0 Å². The third-order valence-corrected chi connectivity index (χ3v) is 3.18. The van der Waals surface area contributed by atoms with E-state index < -0.39 is 0 Å². The van der Waals surface area contributed by atoms with Crippen LogP contribution in [0.15, 0.2) is 24.4 Å². The second kappa shape index (κ2) is 4.61. The van der Waals surface area contributed by atoms with Crippen LogP contribution in [-0.4, -0.2) is 15.0 Å². The lowest BCUT2D eigenvalue weighted by Crippen LogP contribution is -2.17. The molecule has 4 heteroatoms. The molecule has 0 radical (unpaired) electrons. The van der Waals surface area contributed by atoms with E-state index >= 15 is 0 Å². The highest BCUT2D eigenvalue weighted by Crippen LogP contribution is 2.24. The van der Waals surface area contributed by atoms with Gasteiger partial charge in [0.1, 0.15) is 10.5 Å². The van der Waals surface area contributed by atoms with E-state index in [-0.39, 0.29) is 5.41 Å². The Kier molecular flexibility index (Phi) is 3.30. The van der Waals surface area contributed by atoms with Gasteiger partial charge in [-0.25, -0.2) is 4.98 Å². The van der Waals surface area contributed by atoms with Crippen LogP contribution in [0.3, 0.4) is 0 Å². The summed E-state index contributed by atoms with van der Waals surface area (Å²) in [4.78, 5) is 12.2. The summed E-state index contributed by atoms with van der Waals surface area (Å²) in [6.45, 7) is 8.30. The Bertz CT molecular complexity index is 609. The van der Waals surface area contributed by atoms with E-state index in [1.54, 1.807) is 6.20 Å². The van der Waals surface area contributed by atoms with Crippen molar-refractivity contribution in [3.63, 3.8) is 0 Å². The van der Waals surface area contributed by atoms with Crippen molar-refractivity contribution < 1.29 is 0 Å². The molecule has 18 heavy (non-hydrogen) atoms. The van der Waals surface area contributed by atoms with Gasteiger partial charge in [0.05, 0.1) is 11.4 Å². The first-order valence-corrected chi connectivity index (χ1v) is 6.33. The third kappa shape index (κ3) is 2.48. The zero-order chi connectivity index (χ0) is 13.3. The Morgan fingerprint density at radius 2 is 1.94 bits per heavy atom. The van der Waals surface area contributed by atoms with Crippen molar-refractivity contribution in [2.24, 2.45) is 0 Å². The molecule has 0 aliphatic heterocycles. The highest BCUT2D eigenvalue weighted by atomic mass is 32.1. The molecule has 2 aromatic heterocycles. The summed E-state index contributed by atoms with van der Waals surface area (Å²) in [5, 5.41) is 0. The smallest absolute Gasteiger partial charge is 0.133 e. The molecule has 0 atom stereocenters. The van der Waals surface area contributed by atoms with Gasteiger partial charge in [0.25, 0.3) is 0 Å². The molecule has 3 nitrogen and oxygen atoms in total. The number of rotatable bonds is 1. The van der Waals surface area contributed by atoms with Crippen LogP contribution in [0.5, 0.6) is 0 Å². The molecule has 0 fully saturated rings. The van der Waals surface area contributed by atoms with Gasteiger partial charge in [-0.15, -0.1) is 0 Å². The van der Waals surface area contributed by atoms with Crippen LogP contribution < -0.4 is 0 Å². The van der Waals surface area contributed by atoms with Gasteiger partial charge in [-0.05, 0) is 19.1 Å². The second-order valence-electron chi connectivity index (χ2n) is 5.36. The van der Waals surface area contributed by atoms with Crippen LogP contribution in [0.25, 0.3) is 11.4 Å². The molecule has 2 aromatic rings. The summed E-state index contributed by atoms with van der Waals surface area (Å²) in [5.74, 6) is 0.888. The predicted molar refractivity (Wildman–Crippen MR) is 76.1 cm³/mol. The van der Waals surface area contributed by atoms with Gasteiger partial charge in [0.2, 0.25) is 0 Å². The summed E-state index contributed by atoms with van der Waals surface area (Å²) in [7, 11) is 0. The minimum atomic E-state index is -0.0647. The highest BCUT2D eigenvalue weighted by Gasteiger charge is 2.18. The molecule has 0 bridgehead atoms. The number of hydrogen-bond acceptors (Lipinski definition) is 3. The first-order valence-electron chi connectivity index (χ1n) is 5.92. The number of aromatic amines is 1. The Morgan fingerprint density at radius 1 is 1.22 bits per heavy atom. The molecule has 0 aliphatic carbocycles. The number of pyridine rings is 1. The van der Waals surface area contributed by atoms with Crippen LogP contribution in [0.4, 0.5) is 0 Å². The number of nitrogens with zero attached hydrogens (tertiary/aromatic N) is 2. The standard InChI is InChI=1S/C14H17N3S/c1-9-11(10-7-5-6-8-15-10)16-13(14(2,3)4)17-12(9)18/h5-8H,1-4H3,(H,16,17,18). The second-order valence-corrected chi connectivity index (χ2v) is 5.74. The Balaban J connectivity index is 2.68. The number of aromatic nitrogens is 3. The van der Waals surface area contributed by atoms with Gasteiger partial charge in [-0.3, -0.25) is 4.98 Å². The minimum Gasteiger partial charge on any atom is -0.341 e. The lowest BCUT2D eigenvalue weighted by Gasteiger charge is -2.19. The molecule has 0 spiro atoms. The number of hydrogen-bond donors (Lipinski definition) is 1. The predicted octanol–water partition coefficient (Wildman–Crippen LogP) is 3.81. The van der Waals surface area contributed by atoms with Crippen molar-refractivity contribution in [3.8, 4) is 11.4 Å². The Labute approximate surface area is 112 Å². The van der Waals surface area contributed by atoms with Gasteiger partial charge < -0.3 is 4.98 Å². The van der Waals surface area contributed by atoms with Gasteiger partial charge in [0, 0.05) is 17.2 Å². The Morgan fingerprint density at radius 3 is 2.50 bits per heavy atom. The van der Waals surface area contributed by atoms with Crippen LogP contribution in [0.2, 0.25) is 0 Å². The maximum absolute atomic E-state index is 5.34. The van der Waals surface area contributed by atoms with Crippen LogP contribution in [-0.2, 0) is 5.41 Å². The Hall–Kier alpha value is -1.55. The molecular weight excluding hydrogens is 242 g/mol. The largest absolute Gasteiger partial charge is 0.341 e. The third-order valence-electron chi connectivity index (χ3n) is 2.78. The normalized spacial score (nSPS) is 11.6. The fourth-order valence-electron chi connectivity index (χ4n) is 1.65. The molecule has 2 rings (SSSR count). The molecule has 0 amide bonds. The highest BCUT2D eigenvalue weighted by molar-refractivity contribution is 7.71. The van der Waals surface area contributed by atoms with Crippen LogP contribution in [0.1, 0.15) is 32.2 Å². The van der Waals surface area contributed by atoms with Crippen molar-refractivity contribution in [3.05, 3.63) is 40.4 Å². The summed E-state index contributed by atoms with van der Waals surface area (Å²) in [6.07, 6.45) is 1.78. The topological polar surface area (TPSA) is 41.6 Å². The van der Waals surface area contributed by atoms with Crippen LogP contribution in [0, 0.1) is 11.6 Å². The van der Waals surface area contributed by atoms with E-state index in [0.717, 1.165) is 22.8 Å². The molecule has 0 saturated carbocycles. The van der Waals surface area contributed by atoms with E-state index in [9.17, 15) is 0 Å². The quantitative estimate of drug-likeness (QED) is 0.792. The summed E-state index contributed by atoms with van der Waals surface area (Å²) < 4.78 is 0.638. The zero-order valence-electron chi connectivity index (χ0n) is 11.1. The summed E-state index contributed by atoms with van der Waals surface area (Å²) >= 11 is 5.34. The fraction of sp³-hybridized carbons (Fsp3) is 0.357. The monoisotopic (exact) mass is 259 g/mol. The molecule has 1 N–H and O–H groups in total. The van der Waals surface area contributed by atoms with Crippen molar-refractivity contribution in [2.75, 3.05) is 0 Å². The number of nitrogens with one attached hydrogen (secondary N) is 1. The lowest BCUT2D eigenvalue weighted by molar-refractivity contribution is 0.544. The molecule has 0 saturated heterocycles. The van der Waals surface area contributed by atoms with E-state index in [0.29, 0.717) is 4.64 Å². The molecule has 2 heterocycles. The summed E-state index contributed by atoms with van der Waals surface area (Å²) in [6, 6.07) is 5.84. The molecule has 0 unspecified atom stereocenters. The maximum Gasteiger partial charge on any atom is 0.133 e. The van der Waals surface area contributed by atoms with Crippen molar-refractivity contribution in [2.45, 2.75) is 33.1 Å². The maximum atomic E-state index is 5.34. The fourth-order valence-corrected chi connectivity index (χ4v) is 1.85. The van der Waals surface area contributed by atoms with Crippen molar-refractivity contribution in [1.29, 1.82) is 0 Å². The van der Waals surface area contributed by atoms with E-state index in [2.05, 4.69) is 35.7 Å². The van der Waals surface area contributed by atoms with Gasteiger partial charge in [-0.2, -0.15) is 0 Å². The lowest BCUT2D eigenvalue weighted by atomic mass is 9.95. The van der Waals surface area contributed by atoms with Gasteiger partial charge in [0.15, 0.2) is 0 Å². The first-order chi connectivity index (χ1) is 8.39. The first kappa shape index (κ1) is 12.9. The van der Waals surface area contributed by atoms with Crippen LogP contribution >= 0.6 is 12.2 Å². The molecule has 0 aromatic carbocycles. The van der Waals surface area contributed by atoms with Gasteiger partial charge in [-0.1, -0.05) is 39.1 Å². The van der Waals surface area contributed by atoms with E-state index in [1.807, 2.05) is 25.1 Å². The molecule has 94 valence electrons. The van der Waals surface area contributed by atoms with E-state index in [1.165, 1.54) is 0 Å². The molecular formula is C14H17N3S. The minimum absolute atomic E-state index is 0.0647. The van der Waals surface area contributed by atoms with E-state index in [4.69, 9.17) is 12.2 Å². The SMILES string of the molecule is Cc1c(-c2ccccn2)[nH]c(C(C)(C)C)nc1=S. The average Bonchev–Trinajstić information content (AvgIpc) is 2.32. The van der Waals surface area contributed by atoms with Crippen molar-refractivity contribution in [1.82, 2.24) is 15.0 Å². The molecule has 0 aliphatic rings. The average molecular weight is 259 g/mol. The summed E-state index contributed by atoms with van der Waals surface area (Å²) in [5.41, 5.74) is 2.76.